The van der Waals surface area contributed by atoms with E-state index in [4.69, 9.17) is 19.2 Å². The van der Waals surface area contributed by atoms with E-state index >= 15 is 0 Å². The van der Waals surface area contributed by atoms with Gasteiger partial charge in [-0.2, -0.15) is 5.26 Å². The highest BCUT2D eigenvalue weighted by Gasteiger charge is 2.15. The Bertz CT molecular complexity index is 1340. The van der Waals surface area contributed by atoms with Crippen LogP contribution in [0, 0.1) is 11.3 Å². The number of methoxy groups -OCH3 is 1. The lowest BCUT2D eigenvalue weighted by atomic mass is 10.1. The molecule has 5 aromatic rings. The molecule has 7 nitrogen and oxygen atoms in total. The first kappa shape index (κ1) is 17.3. The fourth-order valence-electron chi connectivity index (χ4n) is 3.06. The molecule has 0 saturated heterocycles. The number of furan rings is 1. The highest BCUT2D eigenvalue weighted by molar-refractivity contribution is 7.18. The molecule has 0 unspecified atom stereocenters. The third-order valence-corrected chi connectivity index (χ3v) is 5.31. The van der Waals surface area contributed by atoms with Gasteiger partial charge in [0.15, 0.2) is 5.76 Å². The van der Waals surface area contributed by atoms with Crippen molar-refractivity contribution in [3.8, 4) is 28.5 Å². The van der Waals surface area contributed by atoms with E-state index in [0.29, 0.717) is 40.2 Å². The van der Waals surface area contributed by atoms with E-state index in [0.717, 1.165) is 15.9 Å². The predicted molar refractivity (Wildman–Crippen MR) is 108 cm³/mol. The van der Waals surface area contributed by atoms with E-state index in [1.165, 1.54) is 11.3 Å². The lowest BCUT2D eigenvalue weighted by molar-refractivity contribution is 0.310. The van der Waals surface area contributed by atoms with Crippen LogP contribution in [0.25, 0.3) is 27.4 Å². The van der Waals surface area contributed by atoms with Crippen LogP contribution in [-0.2, 0) is 6.61 Å². The van der Waals surface area contributed by atoms with Gasteiger partial charge in [-0.15, -0.1) is 5.10 Å². The van der Waals surface area contributed by atoms with Crippen LogP contribution in [0.2, 0.25) is 0 Å². The summed E-state index contributed by atoms with van der Waals surface area (Å²) in [5.41, 5.74) is 2.94. The summed E-state index contributed by atoms with van der Waals surface area (Å²) < 4.78 is 18.8. The topological polar surface area (TPSA) is 85.6 Å². The first-order valence-electron chi connectivity index (χ1n) is 8.78. The van der Waals surface area contributed by atoms with E-state index < -0.39 is 0 Å². The molecule has 0 bridgehead atoms. The number of fused-ring (bicyclic) bond motifs is 2. The molecule has 0 atom stereocenters. The van der Waals surface area contributed by atoms with E-state index in [1.54, 1.807) is 23.9 Å². The molecule has 29 heavy (non-hydrogen) atoms. The van der Waals surface area contributed by atoms with Gasteiger partial charge >= 0.3 is 0 Å². The summed E-state index contributed by atoms with van der Waals surface area (Å²) in [6.45, 7) is 0.360. The Morgan fingerprint density at radius 2 is 2.10 bits per heavy atom. The molecule has 8 heteroatoms. The zero-order chi connectivity index (χ0) is 19.8. The molecule has 0 radical (unpaired) electrons. The number of imidazole rings is 1. The van der Waals surface area contributed by atoms with Crippen LogP contribution in [-0.4, -0.2) is 21.7 Å². The number of nitriles is 1. The Hall–Kier alpha value is -3.83. The molecule has 0 amide bonds. The molecule has 3 aromatic heterocycles. The maximum atomic E-state index is 9.04. The maximum absolute atomic E-state index is 9.04. The summed E-state index contributed by atoms with van der Waals surface area (Å²) in [4.78, 5) is 5.29. The first-order chi connectivity index (χ1) is 14.2. The van der Waals surface area contributed by atoms with E-state index in [-0.39, 0.29) is 0 Å². The quantitative estimate of drug-likeness (QED) is 0.425. The number of ether oxygens (including phenoxy) is 2. The van der Waals surface area contributed by atoms with E-state index in [9.17, 15) is 0 Å². The second-order valence-corrected chi connectivity index (χ2v) is 7.22. The predicted octanol–water partition coefficient (Wildman–Crippen LogP) is 4.66. The van der Waals surface area contributed by atoms with Gasteiger partial charge in [0, 0.05) is 0 Å². The largest absolute Gasteiger partial charge is 0.488 e. The Balaban J connectivity index is 1.45. The number of aromatic nitrogens is 3. The van der Waals surface area contributed by atoms with Gasteiger partial charge in [0.2, 0.25) is 4.96 Å². The van der Waals surface area contributed by atoms with Gasteiger partial charge in [0.25, 0.3) is 5.19 Å². The fraction of sp³-hybridized carbons (Fsp3) is 0.0952. The molecule has 142 valence electrons. The van der Waals surface area contributed by atoms with Crippen molar-refractivity contribution in [1.29, 1.82) is 5.26 Å². The summed E-state index contributed by atoms with van der Waals surface area (Å²) in [6, 6.07) is 17.1. The SMILES string of the molecule is COc1nn2cc(-c3cc4c(OCc5cccc(C#N)c5)cccc4o3)nc2s1. The molecule has 0 spiro atoms. The third-order valence-electron chi connectivity index (χ3n) is 4.42. The van der Waals surface area contributed by atoms with Gasteiger partial charge in [-0.25, -0.2) is 9.50 Å². The Morgan fingerprint density at radius 3 is 2.93 bits per heavy atom. The standard InChI is InChI=1S/C21H14N4O3S/c1-26-21-24-25-11-16(23-20(25)29-21)19-9-15-17(6-3-7-18(15)28-19)27-12-14-5-2-4-13(8-14)10-22/h2-9,11H,12H2,1H3. The van der Waals surface area contributed by atoms with Gasteiger partial charge < -0.3 is 13.9 Å². The molecule has 0 aliphatic rings. The molecular weight excluding hydrogens is 388 g/mol. The van der Waals surface area contributed by atoms with Crippen molar-refractivity contribution in [3.05, 3.63) is 65.9 Å². The molecule has 0 fully saturated rings. The van der Waals surface area contributed by atoms with Gasteiger partial charge in [0.05, 0.1) is 30.3 Å². The summed E-state index contributed by atoms with van der Waals surface area (Å²) >= 11 is 1.36. The van der Waals surface area contributed by atoms with Crippen LogP contribution in [0.4, 0.5) is 0 Å². The van der Waals surface area contributed by atoms with Crippen molar-refractivity contribution >= 4 is 27.3 Å². The minimum atomic E-state index is 0.360. The van der Waals surface area contributed by atoms with Gasteiger partial charge in [0.1, 0.15) is 23.6 Å². The minimum absolute atomic E-state index is 0.360. The van der Waals surface area contributed by atoms with Gasteiger partial charge in [-0.05, 0) is 47.2 Å². The van der Waals surface area contributed by atoms with Crippen LogP contribution in [0.3, 0.4) is 0 Å². The highest BCUT2D eigenvalue weighted by atomic mass is 32.1. The van der Waals surface area contributed by atoms with E-state index in [2.05, 4.69) is 16.2 Å². The van der Waals surface area contributed by atoms with Gasteiger partial charge in [-0.3, -0.25) is 0 Å². The number of benzene rings is 2. The van der Waals surface area contributed by atoms with Crippen molar-refractivity contribution < 1.29 is 13.9 Å². The number of hydrogen-bond acceptors (Lipinski definition) is 7. The number of hydrogen-bond donors (Lipinski definition) is 0. The normalized spacial score (nSPS) is 11.0. The van der Waals surface area contributed by atoms with Crippen molar-refractivity contribution in [1.82, 2.24) is 14.6 Å². The smallest absolute Gasteiger partial charge is 0.294 e. The molecule has 2 aromatic carbocycles. The Kier molecular flexibility index (Phi) is 4.15. The van der Waals surface area contributed by atoms with Crippen LogP contribution in [0.1, 0.15) is 11.1 Å². The van der Waals surface area contributed by atoms with Crippen LogP contribution < -0.4 is 9.47 Å². The van der Waals surface area contributed by atoms with Crippen molar-refractivity contribution in [3.63, 3.8) is 0 Å². The zero-order valence-corrected chi connectivity index (χ0v) is 16.1. The molecule has 0 saturated carbocycles. The molecule has 5 rings (SSSR count). The number of rotatable bonds is 5. The first-order valence-corrected chi connectivity index (χ1v) is 9.60. The third kappa shape index (κ3) is 3.17. The summed E-state index contributed by atoms with van der Waals surface area (Å²) in [7, 11) is 1.58. The molecular formula is C21H14N4O3S. The lowest BCUT2D eigenvalue weighted by Crippen LogP contribution is -1.96. The molecule has 3 heterocycles. The summed E-state index contributed by atoms with van der Waals surface area (Å²) in [5.74, 6) is 1.35. The van der Waals surface area contributed by atoms with E-state index in [1.807, 2.05) is 42.5 Å². The minimum Gasteiger partial charge on any atom is -0.488 e. The average molecular weight is 402 g/mol. The Labute approximate surface area is 169 Å². The maximum Gasteiger partial charge on any atom is 0.294 e. The van der Waals surface area contributed by atoms with Crippen molar-refractivity contribution in [2.24, 2.45) is 0 Å². The molecule has 0 aliphatic heterocycles. The number of nitrogens with zero attached hydrogens (tertiary/aromatic N) is 4. The van der Waals surface area contributed by atoms with Gasteiger partial charge in [-0.1, -0.05) is 18.2 Å². The van der Waals surface area contributed by atoms with Crippen LogP contribution in [0.15, 0.2) is 59.1 Å². The zero-order valence-electron chi connectivity index (χ0n) is 15.3. The fourth-order valence-corrected chi connectivity index (χ4v) is 3.76. The van der Waals surface area contributed by atoms with Crippen molar-refractivity contribution in [2.45, 2.75) is 6.61 Å². The van der Waals surface area contributed by atoms with Crippen LogP contribution in [0.5, 0.6) is 10.9 Å². The summed E-state index contributed by atoms with van der Waals surface area (Å²) in [5, 5.41) is 14.7. The second-order valence-electron chi connectivity index (χ2n) is 6.30. The monoisotopic (exact) mass is 402 g/mol. The van der Waals surface area contributed by atoms with Crippen molar-refractivity contribution in [2.75, 3.05) is 7.11 Å². The highest BCUT2D eigenvalue weighted by Crippen LogP contribution is 2.34. The molecule has 0 aliphatic carbocycles. The van der Waals surface area contributed by atoms with Crippen LogP contribution >= 0.6 is 11.3 Å². The second kappa shape index (κ2) is 6.96. The molecule has 0 N–H and O–H groups in total. The Morgan fingerprint density at radius 1 is 1.21 bits per heavy atom. The average Bonchev–Trinajstić information content (AvgIpc) is 3.44. The summed E-state index contributed by atoms with van der Waals surface area (Å²) in [6.07, 6.45) is 1.81. The lowest BCUT2D eigenvalue weighted by Gasteiger charge is -2.07.